The van der Waals surface area contributed by atoms with Crippen LogP contribution in [0.5, 0.6) is 5.75 Å². The first-order valence-corrected chi connectivity index (χ1v) is 9.38. The van der Waals surface area contributed by atoms with Gasteiger partial charge in [-0.15, -0.1) is 0 Å². The molecular formula is C21H27N3O2. The van der Waals surface area contributed by atoms with Gasteiger partial charge in [0.25, 0.3) is 5.91 Å². The minimum absolute atomic E-state index is 0.0624. The van der Waals surface area contributed by atoms with Gasteiger partial charge in [-0.3, -0.25) is 4.79 Å². The minimum Gasteiger partial charge on any atom is -0.497 e. The molecule has 0 unspecified atom stereocenters. The molecule has 0 atom stereocenters. The zero-order valence-electron chi connectivity index (χ0n) is 15.3. The minimum atomic E-state index is -0.0624. The molecule has 1 amide bonds. The van der Waals surface area contributed by atoms with E-state index in [1.54, 1.807) is 19.4 Å². The number of carbonyl (C=O) groups excluding carboxylic acids is 1. The van der Waals surface area contributed by atoms with Crippen LogP contribution in [0.1, 0.15) is 48.0 Å². The molecule has 1 aliphatic carbocycles. The molecule has 3 rings (SSSR count). The lowest BCUT2D eigenvalue weighted by Gasteiger charge is -2.23. The highest BCUT2D eigenvalue weighted by atomic mass is 16.5. The van der Waals surface area contributed by atoms with Gasteiger partial charge in [0.1, 0.15) is 11.6 Å². The first kappa shape index (κ1) is 18.2. The maximum Gasteiger partial charge on any atom is 0.251 e. The number of aromatic nitrogens is 1. The lowest BCUT2D eigenvalue weighted by Crippen LogP contribution is -2.26. The van der Waals surface area contributed by atoms with Gasteiger partial charge < -0.3 is 15.4 Å². The van der Waals surface area contributed by atoms with Crippen molar-refractivity contribution in [1.82, 2.24) is 10.3 Å². The number of nitrogens with zero attached hydrogens (tertiary/aromatic N) is 1. The molecule has 0 aliphatic heterocycles. The van der Waals surface area contributed by atoms with Crippen molar-refractivity contribution in [2.45, 2.75) is 44.6 Å². The summed E-state index contributed by atoms with van der Waals surface area (Å²) in [6, 6.07) is 12.0. The normalized spacial score (nSPS) is 14.7. The number of ether oxygens (including phenoxy) is 1. The number of amides is 1. The van der Waals surface area contributed by atoms with Gasteiger partial charge >= 0.3 is 0 Å². The predicted molar refractivity (Wildman–Crippen MR) is 104 cm³/mol. The maximum atomic E-state index is 12.4. The second-order valence-corrected chi connectivity index (χ2v) is 6.76. The van der Waals surface area contributed by atoms with Crippen molar-refractivity contribution < 1.29 is 9.53 Å². The number of benzene rings is 1. The van der Waals surface area contributed by atoms with Gasteiger partial charge in [-0.05, 0) is 49.1 Å². The van der Waals surface area contributed by atoms with Crippen LogP contribution in [0.4, 0.5) is 5.82 Å². The highest BCUT2D eigenvalue weighted by Gasteiger charge is 2.14. The molecular weight excluding hydrogens is 326 g/mol. The highest BCUT2D eigenvalue weighted by Crippen LogP contribution is 2.21. The van der Waals surface area contributed by atoms with Crippen LogP contribution in [0.3, 0.4) is 0 Å². The predicted octanol–water partition coefficient (Wildman–Crippen LogP) is 3.81. The van der Waals surface area contributed by atoms with E-state index >= 15 is 0 Å². The molecule has 5 heteroatoms. The van der Waals surface area contributed by atoms with Crippen molar-refractivity contribution >= 4 is 11.7 Å². The van der Waals surface area contributed by atoms with Gasteiger partial charge in [-0.1, -0.05) is 31.4 Å². The first-order valence-electron chi connectivity index (χ1n) is 9.38. The third-order valence-corrected chi connectivity index (χ3v) is 4.84. The fourth-order valence-corrected chi connectivity index (χ4v) is 3.32. The average molecular weight is 353 g/mol. The summed E-state index contributed by atoms with van der Waals surface area (Å²) in [5.41, 5.74) is 1.81. The SMILES string of the molecule is COc1ccc(CCNC(=O)c2ccnc(NC3CCCCC3)c2)cc1. The zero-order valence-corrected chi connectivity index (χ0v) is 15.3. The van der Waals surface area contributed by atoms with Gasteiger partial charge in [0.05, 0.1) is 7.11 Å². The summed E-state index contributed by atoms with van der Waals surface area (Å²) >= 11 is 0. The molecule has 0 saturated heterocycles. The summed E-state index contributed by atoms with van der Waals surface area (Å²) < 4.78 is 5.15. The van der Waals surface area contributed by atoms with Crippen LogP contribution < -0.4 is 15.4 Å². The zero-order chi connectivity index (χ0) is 18.2. The Morgan fingerprint density at radius 3 is 2.65 bits per heavy atom. The second kappa shape index (κ2) is 9.22. The molecule has 1 fully saturated rings. The van der Waals surface area contributed by atoms with Gasteiger partial charge in [0.15, 0.2) is 0 Å². The van der Waals surface area contributed by atoms with Crippen LogP contribution in [0.25, 0.3) is 0 Å². The highest BCUT2D eigenvalue weighted by molar-refractivity contribution is 5.94. The van der Waals surface area contributed by atoms with E-state index in [2.05, 4.69) is 15.6 Å². The molecule has 1 heterocycles. The number of anilines is 1. The fourth-order valence-electron chi connectivity index (χ4n) is 3.32. The van der Waals surface area contributed by atoms with Gasteiger partial charge in [-0.25, -0.2) is 4.98 Å². The molecule has 0 bridgehead atoms. The van der Waals surface area contributed by atoms with Crippen molar-refractivity contribution in [2.75, 3.05) is 19.0 Å². The molecule has 0 radical (unpaired) electrons. The van der Waals surface area contributed by atoms with E-state index in [0.717, 1.165) is 18.0 Å². The van der Waals surface area contributed by atoms with Crippen molar-refractivity contribution in [3.05, 3.63) is 53.7 Å². The molecule has 0 spiro atoms. The van der Waals surface area contributed by atoms with E-state index in [9.17, 15) is 4.79 Å². The second-order valence-electron chi connectivity index (χ2n) is 6.76. The van der Waals surface area contributed by atoms with E-state index in [-0.39, 0.29) is 5.91 Å². The molecule has 138 valence electrons. The van der Waals surface area contributed by atoms with E-state index in [0.29, 0.717) is 18.2 Å². The number of methoxy groups -OCH3 is 1. The molecule has 1 aliphatic rings. The van der Waals surface area contributed by atoms with Crippen LogP contribution in [0.15, 0.2) is 42.6 Å². The summed E-state index contributed by atoms with van der Waals surface area (Å²) in [6.45, 7) is 0.596. The van der Waals surface area contributed by atoms with Gasteiger partial charge in [-0.2, -0.15) is 0 Å². The summed E-state index contributed by atoms with van der Waals surface area (Å²) in [7, 11) is 1.65. The van der Waals surface area contributed by atoms with Crippen LogP contribution in [-0.4, -0.2) is 30.6 Å². The van der Waals surface area contributed by atoms with Crippen molar-refractivity contribution in [1.29, 1.82) is 0 Å². The molecule has 2 N–H and O–H groups in total. The number of hydrogen-bond acceptors (Lipinski definition) is 4. The molecule has 26 heavy (non-hydrogen) atoms. The summed E-state index contributed by atoms with van der Waals surface area (Å²) in [6.07, 6.45) is 8.70. The van der Waals surface area contributed by atoms with E-state index in [1.165, 1.54) is 37.7 Å². The monoisotopic (exact) mass is 353 g/mol. The molecule has 2 aromatic rings. The van der Waals surface area contributed by atoms with Crippen molar-refractivity contribution in [3.63, 3.8) is 0 Å². The number of hydrogen-bond donors (Lipinski definition) is 2. The van der Waals surface area contributed by atoms with Crippen LogP contribution >= 0.6 is 0 Å². The smallest absolute Gasteiger partial charge is 0.251 e. The molecule has 1 aromatic carbocycles. The lowest BCUT2D eigenvalue weighted by atomic mass is 9.95. The summed E-state index contributed by atoms with van der Waals surface area (Å²) in [5.74, 6) is 1.57. The van der Waals surface area contributed by atoms with Crippen LogP contribution in [-0.2, 0) is 6.42 Å². The maximum absolute atomic E-state index is 12.4. The van der Waals surface area contributed by atoms with Gasteiger partial charge in [0.2, 0.25) is 0 Å². The Balaban J connectivity index is 1.49. The Bertz CT molecular complexity index is 709. The van der Waals surface area contributed by atoms with Gasteiger partial charge in [0, 0.05) is 24.3 Å². The number of nitrogens with one attached hydrogen (secondary N) is 2. The van der Waals surface area contributed by atoms with E-state index < -0.39 is 0 Å². The molecule has 5 nitrogen and oxygen atoms in total. The summed E-state index contributed by atoms with van der Waals surface area (Å²) in [5, 5.41) is 6.45. The Labute approximate surface area is 155 Å². The van der Waals surface area contributed by atoms with Crippen molar-refractivity contribution in [2.24, 2.45) is 0 Å². The first-order chi connectivity index (χ1) is 12.7. The third kappa shape index (κ3) is 5.22. The van der Waals surface area contributed by atoms with Crippen LogP contribution in [0, 0.1) is 0 Å². The summed E-state index contributed by atoms with van der Waals surface area (Å²) in [4.78, 5) is 16.8. The average Bonchev–Trinajstić information content (AvgIpc) is 2.69. The quantitative estimate of drug-likeness (QED) is 0.794. The number of carbonyl (C=O) groups is 1. The molecule has 1 saturated carbocycles. The largest absolute Gasteiger partial charge is 0.497 e. The van der Waals surface area contributed by atoms with Crippen molar-refractivity contribution in [3.8, 4) is 5.75 Å². The number of rotatable bonds is 7. The van der Waals surface area contributed by atoms with E-state index in [4.69, 9.17) is 4.74 Å². The lowest BCUT2D eigenvalue weighted by molar-refractivity contribution is 0.0954. The van der Waals surface area contributed by atoms with E-state index in [1.807, 2.05) is 30.3 Å². The Morgan fingerprint density at radius 2 is 1.92 bits per heavy atom. The Morgan fingerprint density at radius 1 is 1.15 bits per heavy atom. The topological polar surface area (TPSA) is 63.2 Å². The molecule has 1 aromatic heterocycles. The Hall–Kier alpha value is -2.56. The Kier molecular flexibility index (Phi) is 6.47. The van der Waals surface area contributed by atoms with Crippen LogP contribution in [0.2, 0.25) is 0 Å². The number of pyridine rings is 1. The standard InChI is InChI=1S/C21H27N3O2/c1-26-19-9-7-16(8-10-19)11-13-23-21(25)17-12-14-22-20(15-17)24-18-5-3-2-4-6-18/h7-10,12,14-15,18H,2-6,11,13H2,1H3,(H,22,24)(H,23,25). The third-order valence-electron chi connectivity index (χ3n) is 4.84. The fraction of sp³-hybridized carbons (Fsp3) is 0.429.